The number of halogens is 1. The van der Waals surface area contributed by atoms with Gasteiger partial charge in [-0.1, -0.05) is 13.8 Å². The van der Waals surface area contributed by atoms with E-state index in [1.807, 2.05) is 5.43 Å². The second-order valence-electron chi connectivity index (χ2n) is 4.21. The Hall–Kier alpha value is -1.95. The van der Waals surface area contributed by atoms with Crippen molar-refractivity contribution in [2.45, 2.75) is 19.9 Å². The first-order chi connectivity index (χ1) is 8.45. The first-order valence-electron chi connectivity index (χ1n) is 5.52. The molecule has 0 saturated carbocycles. The topological polar surface area (TPSA) is 84.2 Å². The van der Waals surface area contributed by atoms with Gasteiger partial charge in [0.15, 0.2) is 0 Å². The molecule has 0 aliphatic rings. The zero-order chi connectivity index (χ0) is 13.7. The molecule has 4 N–H and O–H groups in total. The Morgan fingerprint density at radius 3 is 2.22 bits per heavy atom. The normalized spacial score (nSPS) is 12.1. The molecule has 0 bridgehead atoms. The first kappa shape index (κ1) is 14.1. The quantitative estimate of drug-likeness (QED) is 0.416. The molecule has 1 unspecified atom stereocenters. The van der Waals surface area contributed by atoms with Crippen LogP contribution in [0.2, 0.25) is 0 Å². The van der Waals surface area contributed by atoms with Crippen LogP contribution < -0.4 is 16.6 Å². The molecular formula is C12H16FN3O2. The SMILES string of the molecule is CC(C)C(NC(=O)c1ccc(F)cc1)C(=O)NN. The summed E-state index contributed by atoms with van der Waals surface area (Å²) in [6, 6.07) is 4.34. The lowest BCUT2D eigenvalue weighted by Crippen LogP contribution is -2.51. The van der Waals surface area contributed by atoms with Gasteiger partial charge in [0, 0.05) is 5.56 Å². The van der Waals surface area contributed by atoms with Gasteiger partial charge < -0.3 is 5.32 Å². The molecule has 6 heteroatoms. The minimum Gasteiger partial charge on any atom is -0.340 e. The Kier molecular flexibility index (Phi) is 4.79. The highest BCUT2D eigenvalue weighted by Gasteiger charge is 2.23. The number of amides is 2. The molecule has 0 spiro atoms. The maximum Gasteiger partial charge on any atom is 0.256 e. The molecule has 18 heavy (non-hydrogen) atoms. The Balaban J connectivity index is 2.78. The van der Waals surface area contributed by atoms with E-state index >= 15 is 0 Å². The summed E-state index contributed by atoms with van der Waals surface area (Å²) in [7, 11) is 0. The van der Waals surface area contributed by atoms with Gasteiger partial charge in [-0.25, -0.2) is 10.2 Å². The maximum absolute atomic E-state index is 12.7. The average Bonchev–Trinajstić information content (AvgIpc) is 2.35. The molecular weight excluding hydrogens is 237 g/mol. The van der Waals surface area contributed by atoms with Crippen LogP contribution in [0.5, 0.6) is 0 Å². The number of hydrogen-bond acceptors (Lipinski definition) is 3. The highest BCUT2D eigenvalue weighted by molar-refractivity contribution is 5.97. The van der Waals surface area contributed by atoms with Crippen molar-refractivity contribution in [1.82, 2.24) is 10.7 Å². The number of nitrogens with two attached hydrogens (primary N) is 1. The van der Waals surface area contributed by atoms with E-state index in [-0.39, 0.29) is 11.5 Å². The summed E-state index contributed by atoms with van der Waals surface area (Å²) in [5, 5.41) is 2.55. The predicted molar refractivity (Wildman–Crippen MR) is 64.8 cm³/mol. The van der Waals surface area contributed by atoms with Gasteiger partial charge in [-0.2, -0.15) is 0 Å². The lowest BCUT2D eigenvalue weighted by atomic mass is 10.0. The monoisotopic (exact) mass is 253 g/mol. The number of carbonyl (C=O) groups excluding carboxylic acids is 2. The fourth-order valence-corrected chi connectivity index (χ4v) is 1.45. The number of carbonyl (C=O) groups is 2. The van der Waals surface area contributed by atoms with Crippen LogP contribution in [-0.2, 0) is 4.79 Å². The fourth-order valence-electron chi connectivity index (χ4n) is 1.45. The summed E-state index contributed by atoms with van der Waals surface area (Å²) in [5.74, 6) is 3.59. The van der Waals surface area contributed by atoms with Gasteiger partial charge in [-0.05, 0) is 30.2 Å². The van der Waals surface area contributed by atoms with E-state index in [0.717, 1.165) is 0 Å². The molecule has 1 atom stereocenters. The van der Waals surface area contributed by atoms with Crippen molar-refractivity contribution in [1.29, 1.82) is 0 Å². The summed E-state index contributed by atoms with van der Waals surface area (Å²) < 4.78 is 12.7. The molecule has 98 valence electrons. The van der Waals surface area contributed by atoms with Crippen LogP contribution in [0.25, 0.3) is 0 Å². The standard InChI is InChI=1S/C12H16FN3O2/c1-7(2)10(12(18)16-14)15-11(17)8-3-5-9(13)6-4-8/h3-7,10H,14H2,1-2H3,(H,15,17)(H,16,18). The van der Waals surface area contributed by atoms with Crippen LogP contribution in [0.4, 0.5) is 4.39 Å². The minimum absolute atomic E-state index is 0.113. The zero-order valence-electron chi connectivity index (χ0n) is 10.2. The lowest BCUT2D eigenvalue weighted by Gasteiger charge is -2.20. The maximum atomic E-state index is 12.7. The van der Waals surface area contributed by atoms with Crippen LogP contribution in [0.3, 0.4) is 0 Å². The van der Waals surface area contributed by atoms with Crippen molar-refractivity contribution in [3.8, 4) is 0 Å². The van der Waals surface area contributed by atoms with Crippen LogP contribution >= 0.6 is 0 Å². The van der Waals surface area contributed by atoms with Crippen molar-refractivity contribution >= 4 is 11.8 Å². The number of hydrazine groups is 1. The van der Waals surface area contributed by atoms with Crippen LogP contribution in [0.1, 0.15) is 24.2 Å². The second-order valence-corrected chi connectivity index (χ2v) is 4.21. The molecule has 0 fully saturated rings. The van der Waals surface area contributed by atoms with Gasteiger partial charge in [-0.3, -0.25) is 15.0 Å². The third-order valence-corrected chi connectivity index (χ3v) is 2.48. The van der Waals surface area contributed by atoms with Crippen LogP contribution in [0, 0.1) is 11.7 Å². The highest BCUT2D eigenvalue weighted by Crippen LogP contribution is 2.06. The first-order valence-corrected chi connectivity index (χ1v) is 5.52. The van der Waals surface area contributed by atoms with E-state index in [1.165, 1.54) is 24.3 Å². The molecule has 5 nitrogen and oxygen atoms in total. The summed E-state index contributed by atoms with van der Waals surface area (Å²) >= 11 is 0. The highest BCUT2D eigenvalue weighted by atomic mass is 19.1. The van der Waals surface area contributed by atoms with E-state index in [4.69, 9.17) is 5.84 Å². The lowest BCUT2D eigenvalue weighted by molar-refractivity contribution is -0.124. The molecule has 1 aromatic carbocycles. The van der Waals surface area contributed by atoms with E-state index in [2.05, 4.69) is 5.32 Å². The van der Waals surface area contributed by atoms with Crippen molar-refractivity contribution in [3.63, 3.8) is 0 Å². The molecule has 0 saturated heterocycles. The van der Waals surface area contributed by atoms with Crippen molar-refractivity contribution in [3.05, 3.63) is 35.6 Å². The fraction of sp³-hybridized carbons (Fsp3) is 0.333. The minimum atomic E-state index is -0.729. The smallest absolute Gasteiger partial charge is 0.256 e. The second kappa shape index (κ2) is 6.11. The number of nitrogens with one attached hydrogen (secondary N) is 2. The summed E-state index contributed by atoms with van der Waals surface area (Å²) in [4.78, 5) is 23.3. The molecule has 0 aromatic heterocycles. The van der Waals surface area contributed by atoms with Crippen molar-refractivity contribution in [2.24, 2.45) is 11.8 Å². The van der Waals surface area contributed by atoms with Gasteiger partial charge in [-0.15, -0.1) is 0 Å². The van der Waals surface area contributed by atoms with E-state index < -0.39 is 23.7 Å². The Bertz CT molecular complexity index is 431. The van der Waals surface area contributed by atoms with E-state index in [0.29, 0.717) is 0 Å². The molecule has 1 rings (SSSR count). The zero-order valence-corrected chi connectivity index (χ0v) is 10.2. The Labute approximate surface area is 105 Å². The third-order valence-electron chi connectivity index (χ3n) is 2.48. The van der Waals surface area contributed by atoms with Crippen molar-refractivity contribution in [2.75, 3.05) is 0 Å². The molecule has 0 radical (unpaired) electrons. The van der Waals surface area contributed by atoms with E-state index in [9.17, 15) is 14.0 Å². The van der Waals surface area contributed by atoms with Gasteiger partial charge in [0.25, 0.3) is 11.8 Å². The Morgan fingerprint density at radius 1 is 1.22 bits per heavy atom. The van der Waals surface area contributed by atoms with Crippen LogP contribution in [0.15, 0.2) is 24.3 Å². The molecule has 0 aliphatic heterocycles. The molecule has 1 aromatic rings. The summed E-state index contributed by atoms with van der Waals surface area (Å²) in [5.41, 5.74) is 2.28. The number of hydrogen-bond donors (Lipinski definition) is 3. The Morgan fingerprint density at radius 2 is 1.78 bits per heavy atom. The van der Waals surface area contributed by atoms with Crippen LogP contribution in [-0.4, -0.2) is 17.9 Å². The van der Waals surface area contributed by atoms with Gasteiger partial charge in [0.2, 0.25) is 0 Å². The largest absolute Gasteiger partial charge is 0.340 e. The average molecular weight is 253 g/mol. The molecule has 0 heterocycles. The molecule has 0 aliphatic carbocycles. The van der Waals surface area contributed by atoms with Gasteiger partial charge in [0.05, 0.1) is 0 Å². The summed E-state index contributed by atoms with van der Waals surface area (Å²) in [6.07, 6.45) is 0. The van der Waals surface area contributed by atoms with E-state index in [1.54, 1.807) is 13.8 Å². The predicted octanol–water partition coefficient (Wildman–Crippen LogP) is 0.570. The van der Waals surface area contributed by atoms with Crippen molar-refractivity contribution < 1.29 is 14.0 Å². The van der Waals surface area contributed by atoms with Gasteiger partial charge >= 0.3 is 0 Å². The molecule has 2 amide bonds. The summed E-state index contributed by atoms with van der Waals surface area (Å²) in [6.45, 7) is 3.57. The third kappa shape index (κ3) is 3.53. The number of benzene rings is 1. The van der Waals surface area contributed by atoms with Gasteiger partial charge in [0.1, 0.15) is 11.9 Å². The number of rotatable bonds is 4.